The number of unbranched alkanes of at least 4 members (excludes halogenated alkanes) is 2. The molecule has 0 aliphatic carbocycles. The Morgan fingerprint density at radius 3 is 2.50 bits per heavy atom. The van der Waals surface area contributed by atoms with E-state index in [2.05, 4.69) is 50.0 Å². The second-order valence-corrected chi connectivity index (χ2v) is 9.23. The Balaban J connectivity index is 1.29. The Bertz CT molecular complexity index is 1340. The van der Waals surface area contributed by atoms with E-state index in [1.807, 2.05) is 48.5 Å². The summed E-state index contributed by atoms with van der Waals surface area (Å²) in [6, 6.07) is 19.8. The monoisotopic (exact) mass is 514 g/mol. The number of carboxylic acids is 1. The maximum absolute atomic E-state index is 12.5. The SMILES string of the molecule is CC(Nc1ncnc2[nH]c(-c3ccc(C(=O)NCCNCCCCCC(=O)O)cc3)cc12)c1ccccc1. The molecule has 9 nitrogen and oxygen atoms in total. The topological polar surface area (TPSA) is 132 Å². The number of nitrogens with one attached hydrogen (secondary N) is 4. The molecule has 2 heterocycles. The van der Waals surface area contributed by atoms with Gasteiger partial charge >= 0.3 is 5.97 Å². The number of H-pyrrole nitrogens is 1. The minimum atomic E-state index is -0.750. The number of hydrogen-bond donors (Lipinski definition) is 5. The molecule has 1 amide bonds. The first kappa shape index (κ1) is 26.8. The lowest BCUT2D eigenvalue weighted by molar-refractivity contribution is -0.137. The summed E-state index contributed by atoms with van der Waals surface area (Å²) in [7, 11) is 0. The molecular formula is C29H34N6O3. The molecule has 0 saturated carbocycles. The van der Waals surface area contributed by atoms with E-state index in [0.29, 0.717) is 25.1 Å². The zero-order valence-electron chi connectivity index (χ0n) is 21.5. The van der Waals surface area contributed by atoms with Crippen molar-refractivity contribution in [1.29, 1.82) is 0 Å². The smallest absolute Gasteiger partial charge is 0.303 e. The second kappa shape index (κ2) is 13.3. The summed E-state index contributed by atoms with van der Waals surface area (Å²) < 4.78 is 0. The van der Waals surface area contributed by atoms with Crippen LogP contribution in [0.1, 0.15) is 54.6 Å². The number of nitrogens with zero attached hydrogens (tertiary/aromatic N) is 2. The summed E-state index contributed by atoms with van der Waals surface area (Å²) in [6.45, 7) is 4.09. The van der Waals surface area contributed by atoms with Crippen LogP contribution in [0.4, 0.5) is 5.82 Å². The molecule has 0 aliphatic heterocycles. The van der Waals surface area contributed by atoms with Crippen LogP contribution < -0.4 is 16.0 Å². The quantitative estimate of drug-likeness (QED) is 0.153. The lowest BCUT2D eigenvalue weighted by atomic mass is 10.1. The van der Waals surface area contributed by atoms with Gasteiger partial charge in [0.15, 0.2) is 0 Å². The van der Waals surface area contributed by atoms with Gasteiger partial charge in [-0.15, -0.1) is 0 Å². The average Bonchev–Trinajstić information content (AvgIpc) is 3.38. The molecule has 4 aromatic rings. The molecule has 4 rings (SSSR count). The third-order valence-corrected chi connectivity index (χ3v) is 6.37. The van der Waals surface area contributed by atoms with E-state index < -0.39 is 5.97 Å². The molecule has 0 bridgehead atoms. The van der Waals surface area contributed by atoms with Gasteiger partial charge in [0.1, 0.15) is 17.8 Å². The number of carbonyl (C=O) groups excluding carboxylic acids is 1. The number of aliphatic carboxylic acids is 1. The van der Waals surface area contributed by atoms with Crippen molar-refractivity contribution in [3.63, 3.8) is 0 Å². The molecule has 38 heavy (non-hydrogen) atoms. The van der Waals surface area contributed by atoms with Gasteiger partial charge in [0.25, 0.3) is 5.91 Å². The predicted octanol–water partition coefficient (Wildman–Crippen LogP) is 4.76. The molecule has 1 atom stereocenters. The molecule has 1 unspecified atom stereocenters. The number of fused-ring (bicyclic) bond motifs is 1. The van der Waals surface area contributed by atoms with E-state index in [9.17, 15) is 9.59 Å². The van der Waals surface area contributed by atoms with Gasteiger partial charge in [0, 0.05) is 36.8 Å². The van der Waals surface area contributed by atoms with Crippen LogP contribution in [0.2, 0.25) is 0 Å². The first-order chi connectivity index (χ1) is 18.5. The lowest BCUT2D eigenvalue weighted by Gasteiger charge is -2.15. The van der Waals surface area contributed by atoms with Crippen molar-refractivity contribution in [1.82, 2.24) is 25.6 Å². The van der Waals surface area contributed by atoms with Crippen LogP contribution in [-0.4, -0.2) is 51.6 Å². The fourth-order valence-electron chi connectivity index (χ4n) is 4.24. The normalized spacial score (nSPS) is 11.8. The maximum atomic E-state index is 12.5. The van der Waals surface area contributed by atoms with Crippen LogP contribution in [0, 0.1) is 0 Å². The van der Waals surface area contributed by atoms with Crippen LogP contribution in [0.15, 0.2) is 67.0 Å². The minimum Gasteiger partial charge on any atom is -0.481 e. The number of rotatable bonds is 14. The summed E-state index contributed by atoms with van der Waals surface area (Å²) in [5.41, 5.74) is 4.36. The lowest BCUT2D eigenvalue weighted by Crippen LogP contribution is -2.32. The fraction of sp³-hybridized carbons (Fsp3) is 0.310. The number of carboxylic acid groups (broad SMARTS) is 1. The number of hydrogen-bond acceptors (Lipinski definition) is 6. The van der Waals surface area contributed by atoms with Crippen LogP contribution in [0.25, 0.3) is 22.3 Å². The molecule has 2 aromatic heterocycles. The predicted molar refractivity (Wildman–Crippen MR) is 149 cm³/mol. The fourth-order valence-corrected chi connectivity index (χ4v) is 4.24. The Morgan fingerprint density at radius 2 is 1.74 bits per heavy atom. The Kier molecular flexibility index (Phi) is 9.42. The Hall–Kier alpha value is -4.24. The van der Waals surface area contributed by atoms with Gasteiger partial charge in [-0.3, -0.25) is 9.59 Å². The summed E-state index contributed by atoms with van der Waals surface area (Å²) in [5.74, 6) is -0.109. The molecule has 0 spiro atoms. The van der Waals surface area contributed by atoms with Crippen molar-refractivity contribution in [3.05, 3.63) is 78.1 Å². The number of carbonyl (C=O) groups is 2. The minimum absolute atomic E-state index is 0.0875. The molecule has 2 aromatic carbocycles. The van der Waals surface area contributed by atoms with E-state index >= 15 is 0 Å². The molecule has 0 fully saturated rings. The molecule has 5 N–H and O–H groups in total. The van der Waals surface area contributed by atoms with Crippen molar-refractivity contribution >= 4 is 28.7 Å². The van der Waals surface area contributed by atoms with E-state index in [1.165, 1.54) is 5.56 Å². The van der Waals surface area contributed by atoms with Crippen molar-refractivity contribution in [2.75, 3.05) is 25.0 Å². The molecular weight excluding hydrogens is 480 g/mol. The standard InChI is InChI=1S/C29H34N6O3/c1-20(21-8-4-2-5-9-21)34-27-24-18-25(35-28(24)33-19-32-27)22-11-13-23(14-12-22)29(38)31-17-16-30-15-7-3-6-10-26(36)37/h2,4-5,8-9,11-14,18-20,30H,3,6-7,10,15-17H2,1H3,(H,31,38)(H,36,37)(H2,32,33,34,35). The molecule has 0 saturated heterocycles. The zero-order valence-corrected chi connectivity index (χ0v) is 21.5. The average molecular weight is 515 g/mol. The highest BCUT2D eigenvalue weighted by Gasteiger charge is 2.13. The van der Waals surface area contributed by atoms with Gasteiger partial charge in [0.2, 0.25) is 0 Å². The van der Waals surface area contributed by atoms with Crippen LogP contribution in [0.3, 0.4) is 0 Å². The van der Waals surface area contributed by atoms with Crippen molar-refractivity contribution in [2.45, 2.75) is 38.6 Å². The third-order valence-electron chi connectivity index (χ3n) is 6.37. The first-order valence-electron chi connectivity index (χ1n) is 13.0. The molecule has 9 heteroatoms. The van der Waals surface area contributed by atoms with Crippen molar-refractivity contribution < 1.29 is 14.7 Å². The number of anilines is 1. The van der Waals surface area contributed by atoms with Gasteiger partial charge in [-0.2, -0.15) is 0 Å². The highest BCUT2D eigenvalue weighted by Crippen LogP contribution is 2.29. The Morgan fingerprint density at radius 1 is 0.947 bits per heavy atom. The van der Waals surface area contributed by atoms with Crippen molar-refractivity contribution in [2.24, 2.45) is 0 Å². The van der Waals surface area contributed by atoms with Gasteiger partial charge in [0.05, 0.1) is 5.39 Å². The summed E-state index contributed by atoms with van der Waals surface area (Å²) in [6.07, 6.45) is 4.26. The van der Waals surface area contributed by atoms with Gasteiger partial charge in [-0.25, -0.2) is 9.97 Å². The molecule has 198 valence electrons. The Labute approximate surface area is 222 Å². The van der Waals surface area contributed by atoms with Crippen LogP contribution in [-0.2, 0) is 4.79 Å². The van der Waals surface area contributed by atoms with Crippen LogP contribution in [0.5, 0.6) is 0 Å². The zero-order chi connectivity index (χ0) is 26.7. The number of benzene rings is 2. The number of aromatic amines is 1. The van der Waals surface area contributed by atoms with Crippen LogP contribution >= 0.6 is 0 Å². The third kappa shape index (κ3) is 7.39. The summed E-state index contributed by atoms with van der Waals surface area (Å²) >= 11 is 0. The molecule has 0 radical (unpaired) electrons. The van der Waals surface area contributed by atoms with E-state index in [1.54, 1.807) is 6.33 Å². The maximum Gasteiger partial charge on any atom is 0.303 e. The van der Waals surface area contributed by atoms with Crippen molar-refractivity contribution in [3.8, 4) is 11.3 Å². The number of amides is 1. The highest BCUT2D eigenvalue weighted by atomic mass is 16.4. The second-order valence-electron chi connectivity index (χ2n) is 9.23. The summed E-state index contributed by atoms with van der Waals surface area (Å²) in [5, 5.41) is 19.2. The summed E-state index contributed by atoms with van der Waals surface area (Å²) in [4.78, 5) is 35.2. The van der Waals surface area contributed by atoms with Gasteiger partial charge in [-0.1, -0.05) is 48.9 Å². The largest absolute Gasteiger partial charge is 0.481 e. The first-order valence-corrected chi connectivity index (χ1v) is 13.0. The highest BCUT2D eigenvalue weighted by molar-refractivity contribution is 5.95. The van der Waals surface area contributed by atoms with Gasteiger partial charge < -0.3 is 26.0 Å². The number of aromatic nitrogens is 3. The molecule has 0 aliphatic rings. The van der Waals surface area contributed by atoms with Gasteiger partial charge in [-0.05, 0) is 55.6 Å². The van der Waals surface area contributed by atoms with E-state index in [4.69, 9.17) is 5.11 Å². The van der Waals surface area contributed by atoms with E-state index in [0.717, 1.165) is 47.5 Å². The van der Waals surface area contributed by atoms with E-state index in [-0.39, 0.29) is 18.4 Å².